The van der Waals surface area contributed by atoms with Gasteiger partial charge in [-0.1, -0.05) is 47.3 Å². The highest BCUT2D eigenvalue weighted by Crippen LogP contribution is 2.27. The first-order chi connectivity index (χ1) is 11.7. The average Bonchev–Trinajstić information content (AvgIpc) is 3.00. The summed E-state index contributed by atoms with van der Waals surface area (Å²) in [6.45, 7) is 4.50. The molecular weight excluding hydrogens is 326 g/mol. The molecule has 2 aromatic heterocycles. The lowest BCUT2D eigenvalue weighted by Gasteiger charge is -2.09. The maximum absolute atomic E-state index is 11.8. The monoisotopic (exact) mass is 343 g/mol. The lowest BCUT2D eigenvalue weighted by atomic mass is 10.2. The Morgan fingerprint density at radius 3 is 2.83 bits per heavy atom. The molecule has 8 heteroatoms. The summed E-state index contributed by atoms with van der Waals surface area (Å²) < 4.78 is 6.76. The van der Waals surface area contributed by atoms with E-state index in [9.17, 15) is 4.79 Å². The molecule has 0 fully saturated rings. The summed E-state index contributed by atoms with van der Waals surface area (Å²) in [5, 5.41) is 8.61. The Balaban J connectivity index is 1.85. The molecule has 3 aromatic rings. The molecule has 3 rings (SSSR count). The van der Waals surface area contributed by atoms with Crippen molar-refractivity contribution >= 4 is 28.9 Å². The molecule has 0 spiro atoms. The van der Waals surface area contributed by atoms with Crippen molar-refractivity contribution in [2.24, 2.45) is 0 Å². The quantitative estimate of drug-likeness (QED) is 0.386. The van der Waals surface area contributed by atoms with Crippen LogP contribution < -0.4 is 0 Å². The minimum Gasteiger partial charge on any atom is -0.465 e. The van der Waals surface area contributed by atoms with Crippen LogP contribution in [0, 0.1) is 0 Å². The molecule has 0 saturated heterocycles. The van der Waals surface area contributed by atoms with Crippen molar-refractivity contribution in [3.8, 4) is 0 Å². The van der Waals surface area contributed by atoms with E-state index in [2.05, 4.69) is 20.3 Å². The number of thioether (sulfide) groups is 1. The predicted molar refractivity (Wildman–Crippen MR) is 90.6 cm³/mol. The first-order valence-electron chi connectivity index (χ1n) is 7.60. The molecule has 1 aromatic carbocycles. The first-order valence-corrected chi connectivity index (χ1v) is 8.48. The molecule has 0 amide bonds. The molecule has 0 radical (unpaired) electrons. The molecule has 0 aliphatic carbocycles. The second-order valence-corrected chi connectivity index (χ2v) is 6.43. The molecule has 24 heavy (non-hydrogen) atoms. The summed E-state index contributed by atoms with van der Waals surface area (Å²) in [7, 11) is 0. The van der Waals surface area contributed by atoms with Gasteiger partial charge in [-0.3, -0.25) is 4.79 Å². The predicted octanol–water partition coefficient (Wildman–Crippen LogP) is 2.31. The normalized spacial score (nSPS) is 12.2. The fraction of sp³-hybridized carbons (Fsp3) is 0.312. The Kier molecular flexibility index (Phi) is 5.05. The van der Waals surface area contributed by atoms with Gasteiger partial charge in [0.2, 0.25) is 0 Å². The zero-order valence-corrected chi connectivity index (χ0v) is 14.2. The van der Waals surface area contributed by atoms with Crippen molar-refractivity contribution in [2.45, 2.75) is 30.7 Å². The second-order valence-electron chi connectivity index (χ2n) is 5.10. The largest absolute Gasteiger partial charge is 0.465 e. The summed E-state index contributed by atoms with van der Waals surface area (Å²) in [4.78, 5) is 20.3. The molecule has 124 valence electrons. The van der Waals surface area contributed by atoms with E-state index in [1.165, 1.54) is 18.1 Å². The van der Waals surface area contributed by atoms with Crippen LogP contribution in [-0.2, 0) is 16.1 Å². The molecule has 7 nitrogen and oxygen atoms in total. The van der Waals surface area contributed by atoms with Crippen LogP contribution in [0.2, 0.25) is 0 Å². The maximum Gasteiger partial charge on any atom is 0.319 e. The van der Waals surface area contributed by atoms with E-state index in [0.717, 1.165) is 5.56 Å². The van der Waals surface area contributed by atoms with Crippen LogP contribution in [0.1, 0.15) is 19.4 Å². The third kappa shape index (κ3) is 3.53. The SMILES string of the molecule is CCOC(=O)[C@H](C)Sc1ncnc2c1nnn2Cc1ccccc1. The van der Waals surface area contributed by atoms with Crippen molar-refractivity contribution in [1.82, 2.24) is 25.0 Å². The summed E-state index contributed by atoms with van der Waals surface area (Å²) in [6.07, 6.45) is 1.47. The lowest BCUT2D eigenvalue weighted by molar-refractivity contribution is -0.142. The highest BCUT2D eigenvalue weighted by atomic mass is 32.2. The zero-order valence-electron chi connectivity index (χ0n) is 13.4. The Bertz CT molecular complexity index is 837. The lowest BCUT2D eigenvalue weighted by Crippen LogP contribution is -2.16. The molecular formula is C16H17N5O2S. The molecule has 0 unspecified atom stereocenters. The van der Waals surface area contributed by atoms with Crippen LogP contribution in [-0.4, -0.2) is 42.8 Å². The molecule has 0 bridgehead atoms. The van der Waals surface area contributed by atoms with Gasteiger partial charge < -0.3 is 4.74 Å². The smallest absolute Gasteiger partial charge is 0.319 e. The molecule has 1 atom stereocenters. The van der Waals surface area contributed by atoms with E-state index in [1.807, 2.05) is 30.3 Å². The number of fused-ring (bicyclic) bond motifs is 1. The van der Waals surface area contributed by atoms with Crippen LogP contribution in [0.15, 0.2) is 41.7 Å². The highest BCUT2D eigenvalue weighted by molar-refractivity contribution is 8.00. The van der Waals surface area contributed by atoms with E-state index < -0.39 is 0 Å². The average molecular weight is 343 g/mol. The molecule has 0 aliphatic rings. The third-order valence-corrected chi connectivity index (χ3v) is 4.42. The van der Waals surface area contributed by atoms with Gasteiger partial charge in [-0.05, 0) is 19.4 Å². The van der Waals surface area contributed by atoms with Crippen LogP contribution in [0.3, 0.4) is 0 Å². The van der Waals surface area contributed by atoms with Crippen LogP contribution >= 0.6 is 11.8 Å². The van der Waals surface area contributed by atoms with Crippen LogP contribution in [0.4, 0.5) is 0 Å². The van der Waals surface area contributed by atoms with Gasteiger partial charge in [0.25, 0.3) is 0 Å². The standard InChI is InChI=1S/C16H17N5O2S/c1-3-23-16(22)11(2)24-15-13-14(17-10-18-15)21(20-19-13)9-12-7-5-4-6-8-12/h4-8,10-11H,3,9H2,1-2H3/t11-/m0/s1. The topological polar surface area (TPSA) is 82.8 Å². The maximum atomic E-state index is 11.8. The third-order valence-electron chi connectivity index (χ3n) is 3.35. The Labute approximate surface area is 143 Å². The fourth-order valence-corrected chi connectivity index (χ4v) is 3.05. The van der Waals surface area contributed by atoms with Gasteiger partial charge in [0, 0.05) is 0 Å². The highest BCUT2D eigenvalue weighted by Gasteiger charge is 2.20. The van der Waals surface area contributed by atoms with Crippen molar-refractivity contribution in [1.29, 1.82) is 0 Å². The van der Waals surface area contributed by atoms with E-state index in [0.29, 0.717) is 29.3 Å². The number of esters is 1. The molecule has 2 heterocycles. The van der Waals surface area contributed by atoms with Crippen molar-refractivity contribution < 1.29 is 9.53 Å². The van der Waals surface area contributed by atoms with Gasteiger partial charge in [-0.2, -0.15) is 0 Å². The number of aromatic nitrogens is 5. The number of benzene rings is 1. The Morgan fingerprint density at radius 2 is 2.08 bits per heavy atom. The summed E-state index contributed by atoms with van der Waals surface area (Å²) >= 11 is 1.30. The van der Waals surface area contributed by atoms with Gasteiger partial charge >= 0.3 is 5.97 Å². The van der Waals surface area contributed by atoms with Crippen molar-refractivity contribution in [2.75, 3.05) is 6.61 Å². The van der Waals surface area contributed by atoms with Crippen LogP contribution in [0.25, 0.3) is 11.2 Å². The van der Waals surface area contributed by atoms with Crippen molar-refractivity contribution in [3.63, 3.8) is 0 Å². The zero-order chi connectivity index (χ0) is 16.9. The van der Waals surface area contributed by atoms with Gasteiger partial charge in [0.15, 0.2) is 11.2 Å². The minimum absolute atomic E-state index is 0.272. The molecule has 0 saturated carbocycles. The second kappa shape index (κ2) is 7.39. The number of hydrogen-bond donors (Lipinski definition) is 0. The Morgan fingerprint density at radius 1 is 1.29 bits per heavy atom. The van der Waals surface area contributed by atoms with E-state index in [-0.39, 0.29) is 11.2 Å². The van der Waals surface area contributed by atoms with E-state index in [4.69, 9.17) is 4.74 Å². The summed E-state index contributed by atoms with van der Waals surface area (Å²) in [6, 6.07) is 9.97. The van der Waals surface area contributed by atoms with Gasteiger partial charge in [0.05, 0.1) is 13.2 Å². The minimum atomic E-state index is -0.373. The molecule has 0 N–H and O–H groups in total. The number of rotatable bonds is 6. The van der Waals surface area contributed by atoms with Gasteiger partial charge in [-0.25, -0.2) is 14.6 Å². The first kappa shape index (κ1) is 16.4. The number of ether oxygens (including phenoxy) is 1. The number of carbonyl (C=O) groups excluding carboxylic acids is 1. The fourth-order valence-electron chi connectivity index (χ4n) is 2.20. The Hall–Kier alpha value is -2.48. The summed E-state index contributed by atoms with van der Waals surface area (Å²) in [5.41, 5.74) is 2.35. The summed E-state index contributed by atoms with van der Waals surface area (Å²) in [5.74, 6) is -0.272. The van der Waals surface area contributed by atoms with Gasteiger partial charge in [-0.15, -0.1) is 5.10 Å². The molecule has 0 aliphatic heterocycles. The van der Waals surface area contributed by atoms with Crippen LogP contribution in [0.5, 0.6) is 0 Å². The van der Waals surface area contributed by atoms with Gasteiger partial charge in [0.1, 0.15) is 16.6 Å². The number of hydrogen-bond acceptors (Lipinski definition) is 7. The van der Waals surface area contributed by atoms with Crippen molar-refractivity contribution in [3.05, 3.63) is 42.2 Å². The van der Waals surface area contributed by atoms with E-state index >= 15 is 0 Å². The number of carbonyl (C=O) groups is 1. The number of nitrogens with zero attached hydrogens (tertiary/aromatic N) is 5. The van der Waals surface area contributed by atoms with E-state index in [1.54, 1.807) is 18.5 Å².